The fraction of sp³-hybridized carbons (Fsp3) is 0.345. The van der Waals surface area contributed by atoms with Crippen molar-refractivity contribution in [1.29, 1.82) is 0 Å². The van der Waals surface area contributed by atoms with E-state index in [9.17, 15) is 8.42 Å². The Morgan fingerprint density at radius 1 is 1.08 bits per heavy atom. The molecular weight excluding hydrogens is 534 g/mol. The quantitative estimate of drug-likeness (QED) is 0.284. The van der Waals surface area contributed by atoms with Gasteiger partial charge in [-0.3, -0.25) is 0 Å². The van der Waals surface area contributed by atoms with Gasteiger partial charge in [-0.1, -0.05) is 30.7 Å². The van der Waals surface area contributed by atoms with Crippen molar-refractivity contribution in [2.75, 3.05) is 12.4 Å². The number of hydrogen-bond acceptors (Lipinski definition) is 8. The monoisotopic (exact) mass is 565 g/mol. The van der Waals surface area contributed by atoms with Crippen LogP contribution in [0.4, 0.5) is 5.95 Å². The SMILES string of the molecule is CCc1cc(-c2ccc(CS(=O)(=O)c3ccccc3Cl)nc2OC)cc2cnc(NC3CCC(N)CC3)nc12. The summed E-state index contributed by atoms with van der Waals surface area (Å²) in [6, 6.07) is 14.7. The van der Waals surface area contributed by atoms with Gasteiger partial charge in [-0.2, -0.15) is 0 Å². The van der Waals surface area contributed by atoms with Crippen molar-refractivity contribution >= 4 is 38.3 Å². The Kier molecular flexibility index (Phi) is 8.02. The van der Waals surface area contributed by atoms with E-state index < -0.39 is 9.84 Å². The van der Waals surface area contributed by atoms with Crippen molar-refractivity contribution in [3.05, 3.63) is 71.0 Å². The molecule has 8 nitrogen and oxygen atoms in total. The molecule has 3 N–H and O–H groups in total. The lowest BCUT2D eigenvalue weighted by Gasteiger charge is -2.26. The Balaban J connectivity index is 1.44. The third-order valence-corrected chi connectivity index (χ3v) is 9.32. The first-order valence-corrected chi connectivity index (χ1v) is 15.1. The highest BCUT2D eigenvalue weighted by atomic mass is 35.5. The van der Waals surface area contributed by atoms with Crippen LogP contribution in [0.5, 0.6) is 5.88 Å². The van der Waals surface area contributed by atoms with E-state index >= 15 is 0 Å². The van der Waals surface area contributed by atoms with Crippen LogP contribution >= 0.6 is 11.6 Å². The molecule has 1 saturated carbocycles. The minimum Gasteiger partial charge on any atom is -0.481 e. The Hall–Kier alpha value is -3.27. The molecule has 0 saturated heterocycles. The normalized spacial score (nSPS) is 17.7. The minimum absolute atomic E-state index is 0.0829. The van der Waals surface area contributed by atoms with Crippen LogP contribution < -0.4 is 15.8 Å². The lowest BCUT2D eigenvalue weighted by molar-refractivity contribution is 0.398. The van der Waals surface area contributed by atoms with Crippen LogP contribution in [-0.4, -0.2) is 42.6 Å². The highest BCUT2D eigenvalue weighted by molar-refractivity contribution is 7.90. The number of benzene rings is 2. The Morgan fingerprint density at radius 3 is 2.56 bits per heavy atom. The topological polar surface area (TPSA) is 120 Å². The molecule has 0 atom stereocenters. The molecular formula is C29H32ClN5O3S. The molecule has 0 aliphatic heterocycles. The van der Waals surface area contributed by atoms with Crippen molar-refractivity contribution in [2.45, 2.75) is 61.8 Å². The van der Waals surface area contributed by atoms with Crippen molar-refractivity contribution in [3.63, 3.8) is 0 Å². The average molecular weight is 566 g/mol. The standard InChI is InChI=1S/C29H32ClN5O3S/c1-3-18-14-19(15-20-16-32-29(35-27(18)20)34-22-10-8-21(31)9-11-22)24-13-12-23(33-28(24)38-2)17-39(36,37)26-7-5-4-6-25(26)30/h4-7,12-16,21-22H,3,8-11,17,31H2,1-2H3,(H,32,34,35). The van der Waals surface area contributed by atoms with Gasteiger partial charge in [0.15, 0.2) is 9.84 Å². The molecule has 0 unspecified atom stereocenters. The van der Waals surface area contributed by atoms with Gasteiger partial charge in [-0.25, -0.2) is 23.4 Å². The maximum absolute atomic E-state index is 13.0. The van der Waals surface area contributed by atoms with E-state index in [1.807, 2.05) is 18.3 Å². The highest BCUT2D eigenvalue weighted by Gasteiger charge is 2.22. The number of ether oxygens (including phenoxy) is 1. The van der Waals surface area contributed by atoms with Crippen molar-refractivity contribution < 1.29 is 13.2 Å². The maximum atomic E-state index is 13.0. The van der Waals surface area contributed by atoms with E-state index in [-0.39, 0.29) is 21.7 Å². The molecule has 2 aromatic heterocycles. The zero-order valence-corrected chi connectivity index (χ0v) is 23.6. The van der Waals surface area contributed by atoms with E-state index in [4.69, 9.17) is 27.1 Å². The van der Waals surface area contributed by atoms with Gasteiger partial charge in [0.2, 0.25) is 11.8 Å². The van der Waals surface area contributed by atoms with E-state index in [1.165, 1.54) is 13.2 Å². The molecule has 39 heavy (non-hydrogen) atoms. The second-order valence-corrected chi connectivity index (χ2v) is 12.3. The number of fused-ring (bicyclic) bond motifs is 1. The molecule has 4 aromatic rings. The molecule has 10 heteroatoms. The van der Waals surface area contributed by atoms with E-state index in [0.29, 0.717) is 23.6 Å². The van der Waals surface area contributed by atoms with E-state index in [2.05, 4.69) is 28.3 Å². The van der Waals surface area contributed by atoms with Gasteiger partial charge in [0.05, 0.1) is 34.0 Å². The Labute approximate surface area is 233 Å². The third kappa shape index (κ3) is 6.00. The van der Waals surface area contributed by atoms with Crippen molar-refractivity contribution in [1.82, 2.24) is 15.0 Å². The zero-order valence-electron chi connectivity index (χ0n) is 22.0. The largest absolute Gasteiger partial charge is 0.481 e. The molecule has 1 fully saturated rings. The number of aromatic nitrogens is 3. The lowest BCUT2D eigenvalue weighted by Crippen LogP contribution is -2.33. The molecule has 2 heterocycles. The number of methoxy groups -OCH3 is 1. The fourth-order valence-corrected chi connectivity index (χ4v) is 6.91. The molecule has 0 spiro atoms. The molecule has 0 radical (unpaired) electrons. The van der Waals surface area contributed by atoms with E-state index in [0.717, 1.165) is 59.7 Å². The van der Waals surface area contributed by atoms with Gasteiger partial charge in [-0.05, 0) is 79.6 Å². The van der Waals surface area contributed by atoms with Gasteiger partial charge in [0.1, 0.15) is 0 Å². The average Bonchev–Trinajstić information content (AvgIpc) is 2.93. The van der Waals surface area contributed by atoms with Crippen LogP contribution in [0.1, 0.15) is 43.9 Å². The third-order valence-electron chi connectivity index (χ3n) is 7.18. The van der Waals surface area contributed by atoms with Gasteiger partial charge >= 0.3 is 0 Å². The smallest absolute Gasteiger partial charge is 0.223 e. The first kappa shape index (κ1) is 27.3. The molecule has 0 bridgehead atoms. The summed E-state index contributed by atoms with van der Waals surface area (Å²) in [7, 11) is -2.16. The van der Waals surface area contributed by atoms with Crippen LogP contribution in [-0.2, 0) is 22.0 Å². The number of nitrogens with zero attached hydrogens (tertiary/aromatic N) is 3. The number of rotatable bonds is 8. The summed E-state index contributed by atoms with van der Waals surface area (Å²) in [6.45, 7) is 2.09. The first-order valence-electron chi connectivity index (χ1n) is 13.1. The first-order chi connectivity index (χ1) is 18.8. The number of anilines is 1. The summed E-state index contributed by atoms with van der Waals surface area (Å²) >= 11 is 6.14. The fourth-order valence-electron chi connectivity index (χ4n) is 5.06. The molecule has 1 aliphatic rings. The summed E-state index contributed by atoms with van der Waals surface area (Å²) in [5.41, 5.74) is 10.1. The summed E-state index contributed by atoms with van der Waals surface area (Å²) < 4.78 is 31.6. The predicted molar refractivity (Wildman–Crippen MR) is 155 cm³/mol. The van der Waals surface area contributed by atoms with Gasteiger partial charge in [-0.15, -0.1) is 0 Å². The molecule has 204 valence electrons. The number of halogens is 1. The zero-order chi connectivity index (χ0) is 27.6. The van der Waals surface area contributed by atoms with Crippen LogP contribution in [0.2, 0.25) is 5.02 Å². The maximum Gasteiger partial charge on any atom is 0.223 e. The highest BCUT2D eigenvalue weighted by Crippen LogP contribution is 2.34. The summed E-state index contributed by atoms with van der Waals surface area (Å²) in [6.07, 6.45) is 6.68. The number of hydrogen-bond donors (Lipinski definition) is 2. The Morgan fingerprint density at radius 2 is 1.85 bits per heavy atom. The molecule has 2 aromatic carbocycles. The summed E-state index contributed by atoms with van der Waals surface area (Å²) in [4.78, 5) is 14.1. The number of sulfone groups is 1. The van der Waals surface area contributed by atoms with E-state index in [1.54, 1.807) is 24.3 Å². The number of pyridine rings is 1. The van der Waals surface area contributed by atoms with Crippen LogP contribution in [0, 0.1) is 0 Å². The van der Waals surface area contributed by atoms with Gasteiger partial charge in [0.25, 0.3) is 0 Å². The molecule has 0 amide bonds. The molecule has 1 aliphatic carbocycles. The van der Waals surface area contributed by atoms with Crippen molar-refractivity contribution in [2.24, 2.45) is 5.73 Å². The molecule has 5 rings (SSSR count). The number of nitrogens with two attached hydrogens (primary N) is 1. The lowest BCUT2D eigenvalue weighted by atomic mass is 9.92. The van der Waals surface area contributed by atoms with Crippen LogP contribution in [0.15, 0.2) is 59.6 Å². The van der Waals surface area contributed by atoms with Gasteiger partial charge in [0, 0.05) is 29.2 Å². The number of aryl methyl sites for hydroxylation is 1. The Bertz CT molecular complexity index is 1600. The van der Waals surface area contributed by atoms with Gasteiger partial charge < -0.3 is 15.8 Å². The van der Waals surface area contributed by atoms with Crippen LogP contribution in [0.3, 0.4) is 0 Å². The number of nitrogens with one attached hydrogen (secondary N) is 1. The summed E-state index contributed by atoms with van der Waals surface area (Å²) in [5.74, 6) is 0.689. The summed E-state index contributed by atoms with van der Waals surface area (Å²) in [5, 5.41) is 4.58. The second kappa shape index (κ2) is 11.5. The second-order valence-electron chi connectivity index (χ2n) is 9.93. The van der Waals surface area contributed by atoms with Crippen molar-refractivity contribution in [3.8, 4) is 17.0 Å². The predicted octanol–water partition coefficient (Wildman–Crippen LogP) is 5.57. The minimum atomic E-state index is -3.68. The van der Waals surface area contributed by atoms with Crippen LogP contribution in [0.25, 0.3) is 22.0 Å².